The molecule has 2 aromatic heterocycles. The van der Waals surface area contributed by atoms with Gasteiger partial charge in [-0.15, -0.1) is 0 Å². The van der Waals surface area contributed by atoms with Crippen LogP contribution in [0.15, 0.2) is 30.6 Å². The van der Waals surface area contributed by atoms with Gasteiger partial charge >= 0.3 is 0 Å². The second-order valence-corrected chi connectivity index (χ2v) is 6.45. The van der Waals surface area contributed by atoms with Gasteiger partial charge in [0.05, 0.1) is 12.1 Å². The van der Waals surface area contributed by atoms with Crippen molar-refractivity contribution < 1.29 is 9.59 Å². The van der Waals surface area contributed by atoms with Crippen molar-refractivity contribution in [3.05, 3.63) is 36.3 Å². The first kappa shape index (κ1) is 17.4. The number of rotatable bonds is 6. The Bertz CT molecular complexity index is 709. The molecule has 1 unspecified atom stereocenters. The molecule has 0 aliphatic carbocycles. The lowest BCUT2D eigenvalue weighted by Crippen LogP contribution is -2.50. The first-order valence-electron chi connectivity index (χ1n) is 8.86. The molecule has 7 nitrogen and oxygen atoms in total. The zero-order valence-electron chi connectivity index (χ0n) is 14.4. The summed E-state index contributed by atoms with van der Waals surface area (Å²) >= 11 is 0. The number of carbonyl (C=O) groups excluding carboxylic acids is 2. The molecule has 0 saturated carbocycles. The lowest BCUT2D eigenvalue weighted by Gasteiger charge is -2.36. The van der Waals surface area contributed by atoms with Crippen molar-refractivity contribution in [3.63, 3.8) is 0 Å². The van der Waals surface area contributed by atoms with E-state index in [1.807, 2.05) is 39.9 Å². The van der Waals surface area contributed by atoms with E-state index in [2.05, 4.69) is 10.3 Å². The number of hydrogen-bond acceptors (Lipinski definition) is 4. The van der Waals surface area contributed by atoms with Crippen molar-refractivity contribution in [2.45, 2.75) is 38.1 Å². The Morgan fingerprint density at radius 3 is 3.00 bits per heavy atom. The Morgan fingerprint density at radius 2 is 2.20 bits per heavy atom. The van der Waals surface area contributed by atoms with Crippen LogP contribution < -0.4 is 11.1 Å². The molecular formula is C18H25N5O2. The van der Waals surface area contributed by atoms with Crippen LogP contribution in [0.3, 0.4) is 0 Å². The van der Waals surface area contributed by atoms with E-state index in [0.717, 1.165) is 37.1 Å². The zero-order valence-corrected chi connectivity index (χ0v) is 14.4. The molecule has 1 fully saturated rings. The highest BCUT2D eigenvalue weighted by atomic mass is 16.2. The quantitative estimate of drug-likeness (QED) is 0.808. The minimum absolute atomic E-state index is 0.0548. The third-order valence-corrected chi connectivity index (χ3v) is 4.60. The van der Waals surface area contributed by atoms with E-state index in [0.29, 0.717) is 19.5 Å². The molecule has 2 aromatic rings. The lowest BCUT2D eigenvalue weighted by atomic mass is 10.0. The SMILES string of the molecule is NCCC(=O)NCC1CCCCN1C(=O)Cc1cn2ccccc2n1. The number of nitrogens with two attached hydrogens (primary N) is 1. The number of nitrogens with one attached hydrogen (secondary N) is 1. The second-order valence-electron chi connectivity index (χ2n) is 6.45. The number of aromatic nitrogens is 2. The summed E-state index contributed by atoms with van der Waals surface area (Å²) in [4.78, 5) is 30.8. The second kappa shape index (κ2) is 8.11. The summed E-state index contributed by atoms with van der Waals surface area (Å²) in [6.07, 6.45) is 7.43. The molecule has 134 valence electrons. The molecule has 7 heteroatoms. The van der Waals surface area contributed by atoms with Gasteiger partial charge in [-0.3, -0.25) is 9.59 Å². The number of imidazole rings is 1. The Labute approximate surface area is 147 Å². The molecule has 0 aromatic carbocycles. The van der Waals surface area contributed by atoms with Crippen LogP contribution in [0.2, 0.25) is 0 Å². The van der Waals surface area contributed by atoms with E-state index in [4.69, 9.17) is 5.73 Å². The fourth-order valence-electron chi connectivity index (χ4n) is 3.32. The predicted octanol–water partition coefficient (Wildman–Crippen LogP) is 0.723. The molecule has 1 aliphatic heterocycles. The lowest BCUT2D eigenvalue weighted by molar-refractivity contribution is -0.134. The van der Waals surface area contributed by atoms with Crippen LogP contribution in [-0.4, -0.2) is 51.8 Å². The van der Waals surface area contributed by atoms with Crippen LogP contribution in [0, 0.1) is 0 Å². The van der Waals surface area contributed by atoms with Gasteiger partial charge in [-0.05, 0) is 31.4 Å². The fraction of sp³-hybridized carbons (Fsp3) is 0.500. The Kier molecular flexibility index (Phi) is 5.65. The van der Waals surface area contributed by atoms with Crippen molar-refractivity contribution >= 4 is 17.5 Å². The first-order valence-corrected chi connectivity index (χ1v) is 8.86. The number of hydrogen-bond donors (Lipinski definition) is 2. The van der Waals surface area contributed by atoms with E-state index < -0.39 is 0 Å². The summed E-state index contributed by atoms with van der Waals surface area (Å²) in [7, 11) is 0. The summed E-state index contributed by atoms with van der Waals surface area (Å²) < 4.78 is 1.92. The molecule has 1 saturated heterocycles. The molecule has 25 heavy (non-hydrogen) atoms. The number of pyridine rings is 1. The van der Waals surface area contributed by atoms with Crippen LogP contribution in [0.1, 0.15) is 31.4 Å². The number of piperidine rings is 1. The largest absolute Gasteiger partial charge is 0.354 e. The van der Waals surface area contributed by atoms with E-state index in [-0.39, 0.29) is 24.3 Å². The summed E-state index contributed by atoms with van der Waals surface area (Å²) in [5, 5.41) is 2.89. The highest BCUT2D eigenvalue weighted by molar-refractivity contribution is 5.79. The number of nitrogens with zero attached hydrogens (tertiary/aromatic N) is 3. The molecule has 1 aliphatic rings. The zero-order chi connectivity index (χ0) is 17.6. The van der Waals surface area contributed by atoms with Gasteiger partial charge in [0.2, 0.25) is 11.8 Å². The molecule has 2 amide bonds. The Morgan fingerprint density at radius 1 is 1.32 bits per heavy atom. The van der Waals surface area contributed by atoms with Gasteiger partial charge < -0.3 is 20.4 Å². The molecule has 1 atom stereocenters. The Balaban J connectivity index is 1.62. The maximum absolute atomic E-state index is 12.8. The number of fused-ring (bicyclic) bond motifs is 1. The molecule has 3 heterocycles. The van der Waals surface area contributed by atoms with Gasteiger partial charge in [-0.1, -0.05) is 6.07 Å². The molecule has 0 spiro atoms. The van der Waals surface area contributed by atoms with Gasteiger partial charge in [0, 0.05) is 44.5 Å². The molecular weight excluding hydrogens is 318 g/mol. The monoisotopic (exact) mass is 343 g/mol. The van der Waals surface area contributed by atoms with E-state index in [1.165, 1.54) is 0 Å². The predicted molar refractivity (Wildman–Crippen MR) is 94.9 cm³/mol. The summed E-state index contributed by atoms with van der Waals surface area (Å²) in [6.45, 7) is 1.58. The minimum Gasteiger partial charge on any atom is -0.354 e. The highest BCUT2D eigenvalue weighted by Gasteiger charge is 2.27. The average Bonchev–Trinajstić information content (AvgIpc) is 3.02. The first-order chi connectivity index (χ1) is 12.2. The van der Waals surface area contributed by atoms with Crippen LogP contribution in [-0.2, 0) is 16.0 Å². The highest BCUT2D eigenvalue weighted by Crippen LogP contribution is 2.18. The average molecular weight is 343 g/mol. The van der Waals surface area contributed by atoms with Crippen LogP contribution in [0.5, 0.6) is 0 Å². The smallest absolute Gasteiger partial charge is 0.228 e. The van der Waals surface area contributed by atoms with Crippen molar-refractivity contribution in [2.24, 2.45) is 5.73 Å². The van der Waals surface area contributed by atoms with E-state index in [9.17, 15) is 9.59 Å². The summed E-state index contributed by atoms with van der Waals surface area (Å²) in [6, 6.07) is 5.84. The third kappa shape index (κ3) is 4.36. The standard InChI is InChI=1S/C18H25N5O2/c19-8-7-17(24)20-12-15-5-1-4-10-23(15)18(25)11-14-13-22-9-3-2-6-16(22)21-14/h2-3,6,9,13,15H,1,4-5,7-8,10-12,19H2,(H,20,24). The van der Waals surface area contributed by atoms with Crippen molar-refractivity contribution in [1.82, 2.24) is 19.6 Å². The van der Waals surface area contributed by atoms with Gasteiger partial charge in [-0.2, -0.15) is 0 Å². The molecule has 0 radical (unpaired) electrons. The van der Waals surface area contributed by atoms with Gasteiger partial charge in [0.25, 0.3) is 0 Å². The van der Waals surface area contributed by atoms with Crippen LogP contribution in [0.25, 0.3) is 5.65 Å². The van der Waals surface area contributed by atoms with E-state index >= 15 is 0 Å². The van der Waals surface area contributed by atoms with Gasteiger partial charge in [0.1, 0.15) is 5.65 Å². The molecule has 0 bridgehead atoms. The van der Waals surface area contributed by atoms with E-state index in [1.54, 1.807) is 0 Å². The topological polar surface area (TPSA) is 92.7 Å². The van der Waals surface area contributed by atoms with Gasteiger partial charge in [-0.25, -0.2) is 4.98 Å². The number of carbonyl (C=O) groups is 2. The van der Waals surface area contributed by atoms with Crippen molar-refractivity contribution in [2.75, 3.05) is 19.6 Å². The summed E-state index contributed by atoms with van der Waals surface area (Å²) in [5.74, 6) is 0.0157. The van der Waals surface area contributed by atoms with Crippen molar-refractivity contribution in [3.8, 4) is 0 Å². The molecule has 3 rings (SSSR count). The van der Waals surface area contributed by atoms with Crippen molar-refractivity contribution in [1.29, 1.82) is 0 Å². The molecule has 3 N–H and O–H groups in total. The number of amides is 2. The Hall–Kier alpha value is -2.41. The number of likely N-dealkylation sites (tertiary alicyclic amines) is 1. The fourth-order valence-corrected chi connectivity index (χ4v) is 3.32. The summed E-state index contributed by atoms with van der Waals surface area (Å²) in [5.41, 5.74) is 7.01. The van der Waals surface area contributed by atoms with Crippen LogP contribution in [0.4, 0.5) is 0 Å². The van der Waals surface area contributed by atoms with Crippen LogP contribution >= 0.6 is 0 Å². The normalized spacial score (nSPS) is 17.6. The third-order valence-electron chi connectivity index (χ3n) is 4.60. The minimum atomic E-state index is -0.0548. The maximum atomic E-state index is 12.8. The van der Waals surface area contributed by atoms with Gasteiger partial charge in [0.15, 0.2) is 0 Å². The maximum Gasteiger partial charge on any atom is 0.228 e.